The van der Waals surface area contributed by atoms with Crippen LogP contribution in [-0.4, -0.2) is 33.4 Å². The van der Waals surface area contributed by atoms with Crippen LogP contribution < -0.4 is 5.32 Å². The summed E-state index contributed by atoms with van der Waals surface area (Å²) >= 11 is 0. The number of hydrogen-bond acceptors (Lipinski definition) is 4. The van der Waals surface area contributed by atoms with Crippen LogP contribution in [0.15, 0.2) is 5.18 Å². The topological polar surface area (TPSA) is 50.7 Å². The quantitative estimate of drug-likeness (QED) is 0.535. The van der Waals surface area contributed by atoms with Crippen molar-refractivity contribution in [3.05, 3.63) is 4.91 Å². The summed E-state index contributed by atoms with van der Waals surface area (Å²) in [5.41, 5.74) is 0. The van der Waals surface area contributed by atoms with Crippen molar-refractivity contribution in [2.24, 2.45) is 5.18 Å². The molecule has 4 nitrogen and oxygen atoms in total. The first-order chi connectivity index (χ1) is 4.35. The van der Waals surface area contributed by atoms with Crippen LogP contribution in [0.4, 0.5) is 0 Å². The molecule has 9 heavy (non-hydrogen) atoms. The fourth-order valence-electron chi connectivity index (χ4n) is 0.555. The molecule has 0 aromatic heterocycles. The largest absolute Gasteiger partial charge is 0.382 e. The molecule has 0 heterocycles. The van der Waals surface area contributed by atoms with E-state index < -0.39 is 0 Å². The second-order valence-corrected chi connectivity index (χ2v) is 1.77. The zero-order valence-corrected chi connectivity index (χ0v) is 5.76. The van der Waals surface area contributed by atoms with E-state index in [9.17, 15) is 4.91 Å². The Balaban J connectivity index is 3.29. The number of methoxy groups -OCH3 is 1. The Hall–Kier alpha value is -0.480. The SMILES string of the molecule is CNC[C@H](COC)N=O. The maximum absolute atomic E-state index is 9.91. The maximum Gasteiger partial charge on any atom is 0.127 e. The molecule has 0 unspecified atom stereocenters. The summed E-state index contributed by atoms with van der Waals surface area (Å²) in [6.45, 7) is 0.974. The van der Waals surface area contributed by atoms with Gasteiger partial charge in [-0.05, 0) is 7.05 Å². The van der Waals surface area contributed by atoms with Gasteiger partial charge in [-0.3, -0.25) is 0 Å². The first-order valence-electron chi connectivity index (χ1n) is 2.81. The van der Waals surface area contributed by atoms with Gasteiger partial charge in [0, 0.05) is 13.7 Å². The fourth-order valence-corrected chi connectivity index (χ4v) is 0.555. The van der Waals surface area contributed by atoms with Crippen LogP contribution in [0.2, 0.25) is 0 Å². The van der Waals surface area contributed by atoms with Gasteiger partial charge < -0.3 is 10.1 Å². The Labute approximate surface area is 54.6 Å². The lowest BCUT2D eigenvalue weighted by atomic mass is 10.3. The van der Waals surface area contributed by atoms with Gasteiger partial charge in [-0.2, -0.15) is 4.91 Å². The summed E-state index contributed by atoms with van der Waals surface area (Å²) in [6, 6.07) is -0.250. The van der Waals surface area contributed by atoms with E-state index in [1.165, 1.54) is 0 Å². The molecule has 0 rings (SSSR count). The summed E-state index contributed by atoms with van der Waals surface area (Å²) in [5, 5.41) is 5.66. The second-order valence-electron chi connectivity index (χ2n) is 1.77. The van der Waals surface area contributed by atoms with Gasteiger partial charge >= 0.3 is 0 Å². The van der Waals surface area contributed by atoms with Crippen molar-refractivity contribution in [2.45, 2.75) is 6.04 Å². The molecule has 0 saturated carbocycles. The van der Waals surface area contributed by atoms with Crippen molar-refractivity contribution in [3.8, 4) is 0 Å². The van der Waals surface area contributed by atoms with Crippen molar-refractivity contribution < 1.29 is 4.74 Å². The van der Waals surface area contributed by atoms with E-state index in [1.807, 2.05) is 0 Å². The fraction of sp³-hybridized carbons (Fsp3) is 1.00. The molecule has 4 heteroatoms. The first-order valence-corrected chi connectivity index (χ1v) is 2.81. The number of hydrogen-bond donors (Lipinski definition) is 1. The average molecular weight is 132 g/mol. The van der Waals surface area contributed by atoms with Gasteiger partial charge in [0.25, 0.3) is 0 Å². The minimum absolute atomic E-state index is 0.250. The monoisotopic (exact) mass is 132 g/mol. The van der Waals surface area contributed by atoms with Crippen LogP contribution in [0, 0.1) is 4.91 Å². The Morgan fingerprint density at radius 1 is 1.78 bits per heavy atom. The number of nitroso groups, excluding NO2 is 1. The first kappa shape index (κ1) is 8.52. The van der Waals surface area contributed by atoms with Crippen LogP contribution in [-0.2, 0) is 4.74 Å². The molecule has 0 bridgehead atoms. The third-order valence-electron chi connectivity index (χ3n) is 0.948. The molecule has 0 amide bonds. The molecule has 0 saturated heterocycles. The molecular formula is C5H12N2O2. The lowest BCUT2D eigenvalue weighted by Crippen LogP contribution is -2.25. The second kappa shape index (κ2) is 5.65. The molecule has 0 aromatic carbocycles. The lowest BCUT2D eigenvalue weighted by molar-refractivity contribution is 0.180. The van der Waals surface area contributed by atoms with Crippen molar-refractivity contribution in [2.75, 3.05) is 27.3 Å². The van der Waals surface area contributed by atoms with Crippen molar-refractivity contribution >= 4 is 0 Å². The number of likely N-dealkylation sites (N-methyl/N-ethyl adjacent to an activating group) is 1. The van der Waals surface area contributed by atoms with Crippen LogP contribution >= 0.6 is 0 Å². The highest BCUT2D eigenvalue weighted by atomic mass is 16.5. The van der Waals surface area contributed by atoms with Gasteiger partial charge in [-0.25, -0.2) is 0 Å². The van der Waals surface area contributed by atoms with Crippen molar-refractivity contribution in [3.63, 3.8) is 0 Å². The summed E-state index contributed by atoms with van der Waals surface area (Å²) in [6.07, 6.45) is 0. The molecule has 1 atom stereocenters. The Bertz CT molecular complexity index is 71.4. The normalized spacial score (nSPS) is 13.1. The predicted octanol–water partition coefficient (Wildman–Crippen LogP) is -0.0128. The third kappa shape index (κ3) is 4.05. The third-order valence-corrected chi connectivity index (χ3v) is 0.948. The highest BCUT2D eigenvalue weighted by Crippen LogP contribution is 1.87. The van der Waals surface area contributed by atoms with Crippen molar-refractivity contribution in [1.82, 2.24) is 5.32 Å². The average Bonchev–Trinajstić information content (AvgIpc) is 1.88. The summed E-state index contributed by atoms with van der Waals surface area (Å²) < 4.78 is 4.71. The van der Waals surface area contributed by atoms with E-state index in [2.05, 4.69) is 10.5 Å². The summed E-state index contributed by atoms with van der Waals surface area (Å²) in [5.74, 6) is 0. The van der Waals surface area contributed by atoms with Crippen LogP contribution in [0.3, 0.4) is 0 Å². The van der Waals surface area contributed by atoms with Gasteiger partial charge in [0.1, 0.15) is 6.04 Å². The zero-order chi connectivity index (χ0) is 7.11. The van der Waals surface area contributed by atoms with Crippen molar-refractivity contribution in [1.29, 1.82) is 0 Å². The number of nitrogens with zero attached hydrogens (tertiary/aromatic N) is 1. The van der Waals surface area contributed by atoms with E-state index in [-0.39, 0.29) is 6.04 Å². The predicted molar refractivity (Wildman–Crippen MR) is 35.4 cm³/mol. The number of ether oxygens (including phenoxy) is 1. The minimum atomic E-state index is -0.250. The molecule has 0 radical (unpaired) electrons. The van der Waals surface area contributed by atoms with Gasteiger partial charge in [0.05, 0.1) is 6.61 Å². The van der Waals surface area contributed by atoms with Crippen LogP contribution in [0.5, 0.6) is 0 Å². The number of rotatable bonds is 5. The van der Waals surface area contributed by atoms with E-state index in [0.717, 1.165) is 0 Å². The smallest absolute Gasteiger partial charge is 0.127 e. The minimum Gasteiger partial charge on any atom is -0.382 e. The molecule has 0 aliphatic carbocycles. The molecule has 0 aliphatic heterocycles. The Morgan fingerprint density at radius 2 is 2.44 bits per heavy atom. The van der Waals surface area contributed by atoms with E-state index >= 15 is 0 Å². The Morgan fingerprint density at radius 3 is 2.78 bits per heavy atom. The van der Waals surface area contributed by atoms with Gasteiger partial charge in [0.15, 0.2) is 0 Å². The molecule has 0 aliphatic rings. The van der Waals surface area contributed by atoms with E-state index in [0.29, 0.717) is 13.2 Å². The Kier molecular flexibility index (Phi) is 5.35. The summed E-state index contributed by atoms with van der Waals surface area (Å²) in [7, 11) is 3.32. The van der Waals surface area contributed by atoms with Gasteiger partial charge in [-0.15, -0.1) is 0 Å². The van der Waals surface area contributed by atoms with Gasteiger partial charge in [-0.1, -0.05) is 5.18 Å². The zero-order valence-electron chi connectivity index (χ0n) is 5.76. The van der Waals surface area contributed by atoms with E-state index in [1.54, 1.807) is 14.2 Å². The van der Waals surface area contributed by atoms with Crippen LogP contribution in [0.1, 0.15) is 0 Å². The summed E-state index contributed by atoms with van der Waals surface area (Å²) in [4.78, 5) is 9.91. The standard InChI is InChI=1S/C5H12N2O2/c1-6-3-5(7-8)4-9-2/h5-6H,3-4H2,1-2H3/t5-/m1/s1. The maximum atomic E-state index is 9.91. The highest BCUT2D eigenvalue weighted by Gasteiger charge is 2.04. The molecule has 0 fully saturated rings. The van der Waals surface area contributed by atoms with Gasteiger partial charge in [0.2, 0.25) is 0 Å². The highest BCUT2D eigenvalue weighted by molar-refractivity contribution is 4.65. The molecule has 0 aromatic rings. The molecule has 54 valence electrons. The van der Waals surface area contributed by atoms with Crippen LogP contribution in [0.25, 0.3) is 0 Å². The molecule has 0 spiro atoms. The lowest BCUT2D eigenvalue weighted by Gasteiger charge is -2.04. The molecule has 1 N–H and O–H groups in total. The number of nitrogens with one attached hydrogen (secondary N) is 1. The molecular weight excluding hydrogens is 120 g/mol. The van der Waals surface area contributed by atoms with E-state index in [4.69, 9.17) is 4.74 Å².